The summed E-state index contributed by atoms with van der Waals surface area (Å²) in [6.07, 6.45) is 8.80. The molecule has 0 bridgehead atoms. The largest absolute Gasteiger partial charge is 0.398 e. The first-order chi connectivity index (χ1) is 10.2. The van der Waals surface area contributed by atoms with Gasteiger partial charge in [-0.25, -0.2) is 0 Å². The zero-order valence-corrected chi connectivity index (χ0v) is 12.0. The summed E-state index contributed by atoms with van der Waals surface area (Å²) in [5.41, 5.74) is 10.7. The van der Waals surface area contributed by atoms with E-state index in [4.69, 9.17) is 5.73 Å². The van der Waals surface area contributed by atoms with Crippen LogP contribution >= 0.6 is 0 Å². The number of nitrogen functional groups attached to an aromatic ring is 1. The minimum absolute atomic E-state index is 0.103. The van der Waals surface area contributed by atoms with E-state index in [2.05, 4.69) is 72.5 Å². The van der Waals surface area contributed by atoms with Gasteiger partial charge >= 0.3 is 0 Å². The predicted octanol–water partition coefficient (Wildman–Crippen LogP) is 4.39. The number of hydrogen-bond donors (Lipinski definition) is 1. The van der Waals surface area contributed by atoms with Gasteiger partial charge in [-0.05, 0) is 31.2 Å². The van der Waals surface area contributed by atoms with Crippen molar-refractivity contribution < 1.29 is 0 Å². The van der Waals surface area contributed by atoms with Crippen LogP contribution in [-0.2, 0) is 0 Å². The molecule has 2 aromatic carbocycles. The minimum Gasteiger partial charge on any atom is -0.398 e. The molecule has 1 aliphatic carbocycles. The quantitative estimate of drug-likeness (QED) is 0.781. The second kappa shape index (κ2) is 4.26. The van der Waals surface area contributed by atoms with E-state index in [1.807, 2.05) is 12.1 Å². The van der Waals surface area contributed by atoms with Crippen molar-refractivity contribution in [1.82, 2.24) is 0 Å². The zero-order valence-electron chi connectivity index (χ0n) is 12.0. The van der Waals surface area contributed by atoms with E-state index in [-0.39, 0.29) is 5.54 Å². The van der Waals surface area contributed by atoms with Crippen molar-refractivity contribution in [2.24, 2.45) is 0 Å². The molecule has 0 radical (unpaired) electrons. The molecule has 2 N–H and O–H groups in total. The number of fused-ring (bicyclic) bond motifs is 3. The topological polar surface area (TPSA) is 29.3 Å². The summed E-state index contributed by atoms with van der Waals surface area (Å²) in [4.78, 5) is 2.41. The van der Waals surface area contributed by atoms with Gasteiger partial charge in [0.25, 0.3) is 0 Å². The van der Waals surface area contributed by atoms with Crippen molar-refractivity contribution in [3.8, 4) is 0 Å². The SMILES string of the molecule is CC12C=CC=CC1c1c(N)cccc1N2c1ccccc1. The summed E-state index contributed by atoms with van der Waals surface area (Å²) in [6.45, 7) is 2.28. The highest BCUT2D eigenvalue weighted by molar-refractivity contribution is 5.82. The van der Waals surface area contributed by atoms with Crippen LogP contribution in [0.2, 0.25) is 0 Å². The first kappa shape index (κ1) is 12.3. The molecule has 0 saturated heterocycles. The minimum atomic E-state index is -0.103. The molecule has 2 nitrogen and oxygen atoms in total. The number of benzene rings is 2. The lowest BCUT2D eigenvalue weighted by atomic mass is 9.80. The van der Waals surface area contributed by atoms with Gasteiger partial charge in [0.05, 0.1) is 5.54 Å². The number of hydrogen-bond acceptors (Lipinski definition) is 2. The van der Waals surface area contributed by atoms with Gasteiger partial charge in [-0.15, -0.1) is 0 Å². The molecule has 1 heterocycles. The number of nitrogens with two attached hydrogens (primary N) is 1. The highest BCUT2D eigenvalue weighted by Gasteiger charge is 2.47. The predicted molar refractivity (Wildman–Crippen MR) is 88.9 cm³/mol. The van der Waals surface area contributed by atoms with E-state index >= 15 is 0 Å². The molecule has 4 rings (SSSR count). The van der Waals surface area contributed by atoms with Gasteiger partial charge < -0.3 is 10.6 Å². The maximum atomic E-state index is 6.29. The fourth-order valence-electron chi connectivity index (χ4n) is 3.68. The lowest BCUT2D eigenvalue weighted by Crippen LogP contribution is -2.41. The molecule has 1 aliphatic heterocycles. The normalized spacial score (nSPS) is 25.8. The van der Waals surface area contributed by atoms with E-state index in [1.54, 1.807) is 0 Å². The molecule has 2 aromatic rings. The smallest absolute Gasteiger partial charge is 0.0713 e. The molecular formula is C19H18N2. The third-order valence-corrected chi connectivity index (χ3v) is 4.64. The number of allylic oxidation sites excluding steroid dienone is 2. The number of rotatable bonds is 1. The van der Waals surface area contributed by atoms with E-state index < -0.39 is 0 Å². The summed E-state index contributed by atoms with van der Waals surface area (Å²) in [7, 11) is 0. The zero-order chi connectivity index (χ0) is 14.4. The number of para-hydroxylation sites is 1. The average Bonchev–Trinajstić information content (AvgIpc) is 2.77. The Morgan fingerprint density at radius 1 is 1.00 bits per heavy atom. The molecule has 0 fully saturated rings. The van der Waals surface area contributed by atoms with E-state index in [0.717, 1.165) is 5.69 Å². The molecule has 2 heteroatoms. The van der Waals surface area contributed by atoms with Crippen LogP contribution in [0, 0.1) is 0 Å². The second-order valence-electron chi connectivity index (χ2n) is 5.90. The molecule has 0 aromatic heterocycles. The third kappa shape index (κ3) is 1.59. The number of nitrogens with zero attached hydrogens (tertiary/aromatic N) is 1. The lowest BCUT2D eigenvalue weighted by Gasteiger charge is -2.39. The van der Waals surface area contributed by atoms with E-state index in [0.29, 0.717) is 5.92 Å². The Morgan fingerprint density at radius 3 is 2.62 bits per heavy atom. The Hall–Kier alpha value is -2.48. The second-order valence-corrected chi connectivity index (χ2v) is 5.90. The summed E-state index contributed by atoms with van der Waals surface area (Å²) in [5, 5.41) is 0. The molecule has 0 amide bonds. The molecule has 2 atom stereocenters. The Kier molecular flexibility index (Phi) is 2.49. The first-order valence-electron chi connectivity index (χ1n) is 7.31. The van der Waals surface area contributed by atoms with Gasteiger partial charge in [-0.2, -0.15) is 0 Å². The standard InChI is InChI=1S/C19H18N2/c1-19-13-6-5-10-15(19)18-16(20)11-7-12-17(18)21(19)14-8-3-2-4-9-14/h2-13,15H,20H2,1H3. The Balaban J connectivity index is 2.00. The summed E-state index contributed by atoms with van der Waals surface area (Å²) in [6, 6.07) is 16.7. The van der Waals surface area contributed by atoms with Gasteiger partial charge in [0, 0.05) is 28.5 Å². The molecule has 2 aliphatic rings. The van der Waals surface area contributed by atoms with Crippen LogP contribution in [0.15, 0.2) is 72.8 Å². The highest BCUT2D eigenvalue weighted by Crippen LogP contribution is 2.55. The van der Waals surface area contributed by atoms with Gasteiger partial charge in [0.1, 0.15) is 0 Å². The first-order valence-corrected chi connectivity index (χ1v) is 7.31. The van der Waals surface area contributed by atoms with Crippen molar-refractivity contribution in [3.63, 3.8) is 0 Å². The van der Waals surface area contributed by atoms with Crippen LogP contribution in [0.25, 0.3) is 0 Å². The molecule has 0 saturated carbocycles. The van der Waals surface area contributed by atoms with Crippen LogP contribution in [-0.4, -0.2) is 5.54 Å². The lowest BCUT2D eigenvalue weighted by molar-refractivity contribution is 0.543. The van der Waals surface area contributed by atoms with Crippen LogP contribution in [0.3, 0.4) is 0 Å². The van der Waals surface area contributed by atoms with Gasteiger partial charge in [0.15, 0.2) is 0 Å². The van der Waals surface area contributed by atoms with E-state index in [1.165, 1.54) is 16.9 Å². The molecule has 0 spiro atoms. The summed E-state index contributed by atoms with van der Waals surface area (Å²) >= 11 is 0. The van der Waals surface area contributed by atoms with Crippen LogP contribution in [0.4, 0.5) is 17.1 Å². The van der Waals surface area contributed by atoms with Crippen LogP contribution in [0.1, 0.15) is 18.4 Å². The Bertz CT molecular complexity index is 745. The van der Waals surface area contributed by atoms with Gasteiger partial charge in [-0.3, -0.25) is 0 Å². The average molecular weight is 274 g/mol. The maximum absolute atomic E-state index is 6.29. The molecule has 21 heavy (non-hydrogen) atoms. The van der Waals surface area contributed by atoms with Crippen molar-refractivity contribution in [3.05, 3.63) is 78.4 Å². The van der Waals surface area contributed by atoms with Crippen molar-refractivity contribution >= 4 is 17.1 Å². The number of anilines is 3. The maximum Gasteiger partial charge on any atom is 0.0713 e. The molecule has 2 unspecified atom stereocenters. The van der Waals surface area contributed by atoms with Crippen molar-refractivity contribution in [1.29, 1.82) is 0 Å². The fourth-order valence-corrected chi connectivity index (χ4v) is 3.68. The highest BCUT2D eigenvalue weighted by atomic mass is 15.2. The summed E-state index contributed by atoms with van der Waals surface area (Å²) in [5.74, 6) is 0.291. The van der Waals surface area contributed by atoms with Crippen molar-refractivity contribution in [2.45, 2.75) is 18.4 Å². The Labute approximate surface area is 125 Å². The van der Waals surface area contributed by atoms with Crippen LogP contribution in [0.5, 0.6) is 0 Å². The van der Waals surface area contributed by atoms with E-state index in [9.17, 15) is 0 Å². The summed E-state index contributed by atoms with van der Waals surface area (Å²) < 4.78 is 0. The van der Waals surface area contributed by atoms with Crippen molar-refractivity contribution in [2.75, 3.05) is 10.6 Å². The van der Waals surface area contributed by atoms with Gasteiger partial charge in [0.2, 0.25) is 0 Å². The fraction of sp³-hybridized carbons (Fsp3) is 0.158. The van der Waals surface area contributed by atoms with Crippen LogP contribution < -0.4 is 10.6 Å². The third-order valence-electron chi connectivity index (χ3n) is 4.64. The van der Waals surface area contributed by atoms with Gasteiger partial charge in [-0.1, -0.05) is 48.6 Å². The Morgan fingerprint density at radius 2 is 1.81 bits per heavy atom. The monoisotopic (exact) mass is 274 g/mol. The molecule has 104 valence electrons. The molecular weight excluding hydrogens is 256 g/mol.